The van der Waals surface area contributed by atoms with Gasteiger partial charge in [-0.2, -0.15) is 0 Å². The molecule has 0 spiro atoms. The molecule has 1 heterocycles. The van der Waals surface area contributed by atoms with Crippen LogP contribution in [0.15, 0.2) is 24.3 Å². The van der Waals surface area contributed by atoms with Crippen LogP contribution in [0.25, 0.3) is 0 Å². The molecule has 1 aliphatic rings. The Bertz CT molecular complexity index is 524. The first-order valence-electron chi connectivity index (χ1n) is 6.57. The Kier molecular flexibility index (Phi) is 4.16. The molecule has 0 aliphatic carbocycles. The van der Waals surface area contributed by atoms with Crippen LogP contribution < -0.4 is 10.1 Å². The van der Waals surface area contributed by atoms with Crippen molar-refractivity contribution in [3.63, 3.8) is 0 Å². The first-order chi connectivity index (χ1) is 8.96. The van der Waals surface area contributed by atoms with Crippen molar-refractivity contribution >= 4 is 9.84 Å². The summed E-state index contributed by atoms with van der Waals surface area (Å²) < 4.78 is 29.9. The van der Waals surface area contributed by atoms with Crippen LogP contribution in [-0.4, -0.2) is 32.6 Å². The van der Waals surface area contributed by atoms with Crippen molar-refractivity contribution in [3.05, 3.63) is 29.8 Å². The highest BCUT2D eigenvalue weighted by molar-refractivity contribution is 7.92. The fraction of sp³-hybridized carbons (Fsp3) is 0.571. The highest BCUT2D eigenvalue weighted by atomic mass is 32.2. The third-order valence-electron chi connectivity index (χ3n) is 3.94. The van der Waals surface area contributed by atoms with Gasteiger partial charge in [0.05, 0.1) is 17.6 Å². The summed E-state index contributed by atoms with van der Waals surface area (Å²) in [4.78, 5) is 0. The third kappa shape index (κ3) is 2.77. The van der Waals surface area contributed by atoms with Crippen LogP contribution in [0.1, 0.15) is 31.9 Å². The molecule has 1 aromatic carbocycles. The minimum absolute atomic E-state index is 0.152. The maximum absolute atomic E-state index is 12.4. The lowest BCUT2D eigenvalue weighted by Crippen LogP contribution is -2.34. The Morgan fingerprint density at radius 2 is 1.84 bits per heavy atom. The zero-order valence-corrected chi connectivity index (χ0v) is 12.4. The van der Waals surface area contributed by atoms with E-state index < -0.39 is 15.1 Å². The number of methoxy groups -OCH3 is 1. The molecule has 0 aromatic heterocycles. The molecule has 0 amide bonds. The van der Waals surface area contributed by atoms with Gasteiger partial charge in [-0.15, -0.1) is 0 Å². The number of hydrogen-bond donors (Lipinski definition) is 1. The Morgan fingerprint density at radius 3 is 2.42 bits per heavy atom. The van der Waals surface area contributed by atoms with Gasteiger partial charge >= 0.3 is 0 Å². The summed E-state index contributed by atoms with van der Waals surface area (Å²) in [6, 6.07) is 7.44. The first kappa shape index (κ1) is 14.3. The van der Waals surface area contributed by atoms with Gasteiger partial charge in [0, 0.05) is 6.04 Å². The normalized spacial score (nSPS) is 30.6. The monoisotopic (exact) mass is 283 g/mol. The van der Waals surface area contributed by atoms with Crippen molar-refractivity contribution in [2.45, 2.75) is 36.8 Å². The molecule has 19 heavy (non-hydrogen) atoms. The van der Waals surface area contributed by atoms with E-state index in [1.54, 1.807) is 21.0 Å². The topological polar surface area (TPSA) is 55.4 Å². The third-order valence-corrected chi connectivity index (χ3v) is 6.60. The Labute approximate surface area is 115 Å². The number of sulfone groups is 1. The molecule has 1 aromatic rings. The molecule has 0 bridgehead atoms. The molecule has 0 saturated carbocycles. The average Bonchev–Trinajstić information content (AvgIpc) is 2.51. The van der Waals surface area contributed by atoms with E-state index in [-0.39, 0.29) is 11.3 Å². The Morgan fingerprint density at radius 1 is 1.21 bits per heavy atom. The van der Waals surface area contributed by atoms with Gasteiger partial charge in [0.1, 0.15) is 5.75 Å². The van der Waals surface area contributed by atoms with E-state index in [1.165, 1.54) is 0 Å². The lowest BCUT2D eigenvalue weighted by atomic mass is 10.0. The zero-order valence-electron chi connectivity index (χ0n) is 11.6. The quantitative estimate of drug-likeness (QED) is 0.901. The SMILES string of the molecule is COc1ccc(C2NCCC(C)S(=O)(=O)C2C)cc1. The summed E-state index contributed by atoms with van der Waals surface area (Å²) in [7, 11) is -1.46. The van der Waals surface area contributed by atoms with E-state index in [9.17, 15) is 8.42 Å². The molecule has 1 N–H and O–H groups in total. The van der Waals surface area contributed by atoms with Gasteiger partial charge in [-0.25, -0.2) is 8.42 Å². The van der Waals surface area contributed by atoms with Gasteiger partial charge in [-0.3, -0.25) is 0 Å². The molecular formula is C14H21NO3S. The van der Waals surface area contributed by atoms with Crippen LogP contribution >= 0.6 is 0 Å². The zero-order chi connectivity index (χ0) is 14.0. The Balaban J connectivity index is 2.32. The maximum atomic E-state index is 12.4. The van der Waals surface area contributed by atoms with Crippen LogP contribution in [0.4, 0.5) is 0 Å². The molecule has 4 nitrogen and oxygen atoms in total. The van der Waals surface area contributed by atoms with Crippen LogP contribution in [-0.2, 0) is 9.84 Å². The summed E-state index contributed by atoms with van der Waals surface area (Å²) in [5, 5.41) is 2.65. The standard InChI is InChI=1S/C14H21NO3S/c1-10-8-9-15-14(11(2)19(10,16)17)12-4-6-13(18-3)7-5-12/h4-7,10-11,14-15H,8-9H2,1-3H3. The average molecular weight is 283 g/mol. The van der Waals surface area contributed by atoms with E-state index in [0.29, 0.717) is 6.42 Å². The van der Waals surface area contributed by atoms with E-state index in [0.717, 1.165) is 17.9 Å². The fourth-order valence-corrected chi connectivity index (χ4v) is 4.34. The number of hydrogen-bond acceptors (Lipinski definition) is 4. The predicted octanol–water partition coefficient (Wildman–Crippen LogP) is 1.92. The molecule has 1 aliphatic heterocycles. The summed E-state index contributed by atoms with van der Waals surface area (Å²) in [6.45, 7) is 4.31. The summed E-state index contributed by atoms with van der Waals surface area (Å²) in [6.07, 6.45) is 0.666. The summed E-state index contributed by atoms with van der Waals surface area (Å²) >= 11 is 0. The van der Waals surface area contributed by atoms with Crippen LogP contribution in [0.5, 0.6) is 5.75 Å². The van der Waals surface area contributed by atoms with Crippen molar-refractivity contribution in [3.8, 4) is 5.75 Å². The maximum Gasteiger partial charge on any atom is 0.157 e. The second kappa shape index (κ2) is 5.51. The number of rotatable bonds is 2. The van der Waals surface area contributed by atoms with E-state index >= 15 is 0 Å². The van der Waals surface area contributed by atoms with Gasteiger partial charge in [0.2, 0.25) is 0 Å². The van der Waals surface area contributed by atoms with Crippen molar-refractivity contribution in [1.82, 2.24) is 5.32 Å². The Hall–Kier alpha value is -1.07. The van der Waals surface area contributed by atoms with Crippen molar-refractivity contribution in [2.75, 3.05) is 13.7 Å². The summed E-state index contributed by atoms with van der Waals surface area (Å²) in [5.41, 5.74) is 0.992. The van der Waals surface area contributed by atoms with Gasteiger partial charge in [0.25, 0.3) is 0 Å². The van der Waals surface area contributed by atoms with Gasteiger partial charge < -0.3 is 10.1 Å². The molecule has 106 valence electrons. The van der Waals surface area contributed by atoms with E-state index in [2.05, 4.69) is 5.32 Å². The summed E-state index contributed by atoms with van der Waals surface area (Å²) in [5.74, 6) is 0.779. The lowest BCUT2D eigenvalue weighted by Gasteiger charge is -2.23. The van der Waals surface area contributed by atoms with Gasteiger partial charge in [-0.1, -0.05) is 12.1 Å². The predicted molar refractivity (Wildman–Crippen MR) is 76.2 cm³/mol. The molecule has 3 atom stereocenters. The van der Waals surface area contributed by atoms with E-state index in [1.807, 2.05) is 24.3 Å². The second-order valence-electron chi connectivity index (χ2n) is 5.10. The largest absolute Gasteiger partial charge is 0.497 e. The van der Waals surface area contributed by atoms with Gasteiger partial charge in [-0.05, 0) is 44.5 Å². The number of ether oxygens (including phenoxy) is 1. The minimum Gasteiger partial charge on any atom is -0.497 e. The molecule has 5 heteroatoms. The molecule has 0 radical (unpaired) electrons. The van der Waals surface area contributed by atoms with Crippen LogP contribution in [0.3, 0.4) is 0 Å². The molecule has 1 saturated heterocycles. The highest BCUT2D eigenvalue weighted by Crippen LogP contribution is 2.29. The molecular weight excluding hydrogens is 262 g/mol. The minimum atomic E-state index is -3.08. The van der Waals surface area contributed by atoms with Crippen molar-refractivity contribution in [2.24, 2.45) is 0 Å². The number of nitrogens with one attached hydrogen (secondary N) is 1. The number of benzene rings is 1. The van der Waals surface area contributed by atoms with Crippen molar-refractivity contribution in [1.29, 1.82) is 0 Å². The van der Waals surface area contributed by atoms with Gasteiger partial charge in [0.15, 0.2) is 9.84 Å². The van der Waals surface area contributed by atoms with Crippen LogP contribution in [0, 0.1) is 0 Å². The molecule has 1 fully saturated rings. The second-order valence-corrected chi connectivity index (χ2v) is 7.82. The van der Waals surface area contributed by atoms with Crippen LogP contribution in [0.2, 0.25) is 0 Å². The van der Waals surface area contributed by atoms with Crippen molar-refractivity contribution < 1.29 is 13.2 Å². The molecule has 3 unspecified atom stereocenters. The highest BCUT2D eigenvalue weighted by Gasteiger charge is 2.36. The van der Waals surface area contributed by atoms with E-state index in [4.69, 9.17) is 4.74 Å². The smallest absolute Gasteiger partial charge is 0.157 e. The fourth-order valence-electron chi connectivity index (χ4n) is 2.53. The molecule has 2 rings (SSSR count). The first-order valence-corrected chi connectivity index (χ1v) is 8.18. The lowest BCUT2D eigenvalue weighted by molar-refractivity contribution is 0.414.